The summed E-state index contributed by atoms with van der Waals surface area (Å²) in [4.78, 5) is 31.9. The fraction of sp³-hybridized carbons (Fsp3) is 0.800. The van der Waals surface area contributed by atoms with Crippen LogP contribution in [-0.4, -0.2) is 87.8 Å². The Hall–Kier alpha value is -1.29. The van der Waals surface area contributed by atoms with Crippen LogP contribution < -0.4 is 5.32 Å². The molecule has 3 aliphatic heterocycles. The maximum absolute atomic E-state index is 12.3. The summed E-state index contributed by atoms with van der Waals surface area (Å²) >= 11 is 0. The van der Waals surface area contributed by atoms with E-state index in [9.17, 15) is 23.7 Å². The quantitative estimate of drug-likeness (QED) is 0.381. The third-order valence-corrected chi connectivity index (χ3v) is 7.39. The molecule has 0 spiro atoms. The minimum Gasteiger partial charge on any atom is -0.377 e. The molecule has 1 aromatic rings. The van der Waals surface area contributed by atoms with E-state index in [4.69, 9.17) is 23.5 Å². The lowest BCUT2D eigenvalue weighted by atomic mass is 10.1. The van der Waals surface area contributed by atoms with Crippen molar-refractivity contribution >= 4 is 21.6 Å². The van der Waals surface area contributed by atoms with E-state index in [1.807, 2.05) is 0 Å². The van der Waals surface area contributed by atoms with Gasteiger partial charge in [-0.15, -0.1) is 5.10 Å². The molecule has 3 aliphatic rings. The highest BCUT2D eigenvalue weighted by Gasteiger charge is 2.57. The minimum atomic E-state index is -5.03. The maximum atomic E-state index is 12.3. The van der Waals surface area contributed by atoms with E-state index in [1.165, 1.54) is 10.9 Å². The molecule has 4 rings (SSSR count). The van der Waals surface area contributed by atoms with Crippen LogP contribution in [0.25, 0.3) is 0 Å². The molecule has 1 amide bonds. The Labute approximate surface area is 187 Å². The number of amides is 1. The van der Waals surface area contributed by atoms with Gasteiger partial charge in [0.05, 0.1) is 32.6 Å². The number of nitrogens with zero attached hydrogens (tertiary/aromatic N) is 3. The Morgan fingerprint density at radius 3 is 2.64 bits per heavy atom. The number of phosphoric ester groups is 2. The number of aromatic nitrogens is 3. The zero-order valence-corrected chi connectivity index (χ0v) is 19.4. The predicted octanol–water partition coefficient (Wildman–Crippen LogP) is -0.294. The van der Waals surface area contributed by atoms with E-state index in [0.29, 0.717) is 0 Å². The summed E-state index contributed by atoms with van der Waals surface area (Å²) in [6, 6.07) is 0. The number of hydrogen-bond donors (Lipinski definition) is 3. The third-order valence-electron chi connectivity index (χ3n) is 4.75. The third kappa shape index (κ3) is 6.05. The monoisotopic (exact) mass is 514 g/mol. The molecule has 18 heteroatoms. The summed E-state index contributed by atoms with van der Waals surface area (Å²) in [5.74, 6) is -1.52. The standard InChI is InChI=1S/C15H24N4O12P2/c1-15(2)29-11-10-8-27-33(23,24)31-32(21,22)26-6-5-25-4-3-16-13(20)9-7-19(18-17-9)14(28-10)12(11)30-15/h7,10-12,14H,3-6,8H2,1-2H3,(H,16,20)(H,21,22)(H,23,24)/t10-,11-,12-,14-/m1/s1. The Balaban J connectivity index is 1.57. The number of fused-ring (bicyclic) bond motifs is 8. The Kier molecular flexibility index (Phi) is 7.07. The van der Waals surface area contributed by atoms with Crippen molar-refractivity contribution in [3.63, 3.8) is 0 Å². The summed E-state index contributed by atoms with van der Waals surface area (Å²) in [5.41, 5.74) is 0.0174. The highest BCUT2D eigenvalue weighted by Crippen LogP contribution is 2.60. The average Bonchev–Trinajstić information content (AvgIpc) is 3.37. The molecular formula is C15H24N4O12P2. The molecule has 186 valence electrons. The number of ether oxygens (including phenoxy) is 4. The van der Waals surface area contributed by atoms with Gasteiger partial charge in [-0.3, -0.25) is 13.8 Å². The SMILES string of the molecule is CC1(C)O[C@@H]2[C@H](O1)[C@H]1COP(=O)(O)OP(=O)(O)OCCOCCNC(=O)c3cn(nn3)[C@@H]2O1. The topological polar surface area (TPSA) is 199 Å². The van der Waals surface area contributed by atoms with Crippen LogP contribution in [0, 0.1) is 0 Å². The van der Waals surface area contributed by atoms with E-state index in [0.717, 1.165) is 0 Å². The van der Waals surface area contributed by atoms with E-state index in [1.54, 1.807) is 13.8 Å². The van der Waals surface area contributed by atoms with Crippen LogP contribution in [0.5, 0.6) is 0 Å². The van der Waals surface area contributed by atoms with Crippen LogP contribution in [0.2, 0.25) is 0 Å². The van der Waals surface area contributed by atoms with Gasteiger partial charge in [-0.2, -0.15) is 4.31 Å². The second-order valence-corrected chi connectivity index (χ2v) is 10.8. The van der Waals surface area contributed by atoms with Crippen molar-refractivity contribution in [2.24, 2.45) is 0 Å². The predicted molar refractivity (Wildman–Crippen MR) is 104 cm³/mol. The van der Waals surface area contributed by atoms with E-state index < -0.39 is 65.1 Å². The number of carbonyl (C=O) groups is 1. The van der Waals surface area contributed by atoms with Gasteiger partial charge in [0.15, 0.2) is 17.7 Å². The molecule has 3 N–H and O–H groups in total. The Morgan fingerprint density at radius 2 is 1.85 bits per heavy atom. The molecule has 2 fully saturated rings. The molecule has 1 aromatic heterocycles. The largest absolute Gasteiger partial charge is 0.481 e. The van der Waals surface area contributed by atoms with Crippen molar-refractivity contribution in [1.82, 2.24) is 20.3 Å². The normalized spacial score (nSPS) is 40.3. The zero-order valence-electron chi connectivity index (χ0n) is 17.6. The fourth-order valence-corrected chi connectivity index (χ4v) is 5.56. The van der Waals surface area contributed by atoms with Gasteiger partial charge in [0, 0.05) is 6.54 Å². The van der Waals surface area contributed by atoms with Crippen molar-refractivity contribution < 1.29 is 56.0 Å². The smallest absolute Gasteiger partial charge is 0.377 e. The zero-order chi connectivity index (χ0) is 23.9. The van der Waals surface area contributed by atoms with Crippen LogP contribution in [0.3, 0.4) is 0 Å². The molecule has 2 saturated heterocycles. The Morgan fingerprint density at radius 1 is 1.12 bits per heavy atom. The highest BCUT2D eigenvalue weighted by molar-refractivity contribution is 7.61. The van der Waals surface area contributed by atoms with Crippen LogP contribution in [0.1, 0.15) is 30.6 Å². The molecule has 0 saturated carbocycles. The number of rotatable bonds is 0. The second-order valence-electron chi connectivity index (χ2n) is 7.73. The van der Waals surface area contributed by atoms with Gasteiger partial charge < -0.3 is 34.1 Å². The van der Waals surface area contributed by atoms with Gasteiger partial charge in [-0.05, 0) is 13.8 Å². The van der Waals surface area contributed by atoms with Gasteiger partial charge >= 0.3 is 15.6 Å². The van der Waals surface area contributed by atoms with Crippen LogP contribution in [0.15, 0.2) is 6.20 Å². The van der Waals surface area contributed by atoms with E-state index in [-0.39, 0.29) is 25.5 Å². The second kappa shape index (κ2) is 9.40. The molecule has 0 aromatic carbocycles. The van der Waals surface area contributed by atoms with Crippen LogP contribution in [-0.2, 0) is 41.4 Å². The fourth-order valence-electron chi connectivity index (χ4n) is 3.50. The lowest BCUT2D eigenvalue weighted by Gasteiger charge is -2.24. The maximum Gasteiger partial charge on any atom is 0.481 e. The molecule has 4 bridgehead atoms. The summed E-state index contributed by atoms with van der Waals surface area (Å²) in [7, 11) is -9.96. The lowest BCUT2D eigenvalue weighted by Crippen LogP contribution is -2.32. The molecule has 4 heterocycles. The first kappa shape index (κ1) is 24.8. The van der Waals surface area contributed by atoms with Gasteiger partial charge in [-0.25, -0.2) is 13.8 Å². The molecule has 6 atom stereocenters. The van der Waals surface area contributed by atoms with Gasteiger partial charge in [0.1, 0.15) is 18.3 Å². The highest BCUT2D eigenvalue weighted by atomic mass is 31.3. The molecule has 16 nitrogen and oxygen atoms in total. The van der Waals surface area contributed by atoms with Crippen molar-refractivity contribution in [3.8, 4) is 0 Å². The first-order chi connectivity index (χ1) is 15.4. The van der Waals surface area contributed by atoms with Crippen molar-refractivity contribution in [3.05, 3.63) is 11.9 Å². The lowest BCUT2D eigenvalue weighted by molar-refractivity contribution is -0.201. The van der Waals surface area contributed by atoms with E-state index in [2.05, 4.69) is 24.5 Å². The summed E-state index contributed by atoms with van der Waals surface area (Å²) in [6.07, 6.45) is -1.99. The van der Waals surface area contributed by atoms with Crippen molar-refractivity contribution in [2.75, 3.05) is 33.0 Å². The number of phosphoric acid groups is 2. The van der Waals surface area contributed by atoms with Gasteiger partial charge in [-0.1, -0.05) is 5.21 Å². The summed E-state index contributed by atoms with van der Waals surface area (Å²) in [6.45, 7) is 2.37. The first-order valence-electron chi connectivity index (χ1n) is 9.90. The number of carbonyl (C=O) groups excluding carboxylic acids is 1. The van der Waals surface area contributed by atoms with Crippen LogP contribution >= 0.6 is 15.6 Å². The van der Waals surface area contributed by atoms with Crippen molar-refractivity contribution in [2.45, 2.75) is 44.2 Å². The summed E-state index contributed by atoms with van der Waals surface area (Å²) in [5, 5.41) is 10.4. The number of hydrogen-bond acceptors (Lipinski definition) is 12. The molecule has 33 heavy (non-hydrogen) atoms. The van der Waals surface area contributed by atoms with Gasteiger partial charge in [0.25, 0.3) is 5.91 Å². The Bertz CT molecular complexity index is 972. The van der Waals surface area contributed by atoms with Crippen LogP contribution in [0.4, 0.5) is 0 Å². The average molecular weight is 514 g/mol. The molecule has 0 aliphatic carbocycles. The molecule has 0 radical (unpaired) electrons. The minimum absolute atomic E-state index is 0.0174. The van der Waals surface area contributed by atoms with Crippen molar-refractivity contribution in [1.29, 1.82) is 0 Å². The first-order valence-corrected chi connectivity index (χ1v) is 12.9. The molecular weight excluding hydrogens is 490 g/mol. The molecule has 2 unspecified atom stereocenters. The summed E-state index contributed by atoms with van der Waals surface area (Å²) < 4.78 is 61.9. The van der Waals surface area contributed by atoms with Gasteiger partial charge in [0.2, 0.25) is 0 Å². The number of nitrogens with one attached hydrogen (secondary N) is 1. The van der Waals surface area contributed by atoms with E-state index >= 15 is 0 Å².